The molecule has 2 heterocycles. The number of nitrogens with one attached hydrogen (secondary N) is 1. The zero-order valence-corrected chi connectivity index (χ0v) is 16.3. The minimum Gasteiger partial charge on any atom is -0.444 e. The average Bonchev–Trinajstić information content (AvgIpc) is 3.07. The number of piperidine rings is 1. The van der Waals surface area contributed by atoms with Crippen LogP contribution in [0.4, 0.5) is 9.93 Å². The molecule has 0 radical (unpaired) electrons. The lowest BCUT2D eigenvalue weighted by Crippen LogP contribution is -2.53. The fourth-order valence-corrected chi connectivity index (χ4v) is 4.65. The Labute approximate surface area is 154 Å². The highest BCUT2D eigenvalue weighted by Gasteiger charge is 2.39. The fraction of sp³-hybridized carbons (Fsp3) is 0.833. The van der Waals surface area contributed by atoms with Gasteiger partial charge in [-0.25, -0.2) is 4.79 Å². The molecule has 6 nitrogen and oxygen atoms in total. The number of amides is 1. The van der Waals surface area contributed by atoms with E-state index in [9.17, 15) is 4.79 Å². The number of nitrogens with zero attached hydrogens (tertiary/aromatic N) is 3. The van der Waals surface area contributed by atoms with Crippen LogP contribution in [-0.2, 0) is 4.74 Å². The molecule has 1 aliphatic carbocycles. The first-order chi connectivity index (χ1) is 11.9. The zero-order chi connectivity index (χ0) is 17.9. The molecule has 3 atom stereocenters. The third-order valence-electron chi connectivity index (χ3n) is 5.16. The smallest absolute Gasteiger partial charge is 0.410 e. The molecule has 1 aromatic heterocycles. The van der Waals surface area contributed by atoms with Crippen molar-refractivity contribution in [1.29, 1.82) is 0 Å². The Balaban J connectivity index is 1.73. The monoisotopic (exact) mass is 366 g/mol. The highest BCUT2D eigenvalue weighted by Crippen LogP contribution is 2.36. The Morgan fingerprint density at radius 1 is 1.24 bits per heavy atom. The Morgan fingerprint density at radius 3 is 2.72 bits per heavy atom. The van der Waals surface area contributed by atoms with Gasteiger partial charge in [0.25, 0.3) is 0 Å². The molecule has 2 aliphatic rings. The number of hydrogen-bond donors (Lipinski definition) is 1. The van der Waals surface area contributed by atoms with Crippen molar-refractivity contribution in [1.82, 2.24) is 15.1 Å². The van der Waals surface area contributed by atoms with Crippen molar-refractivity contribution >= 4 is 22.6 Å². The van der Waals surface area contributed by atoms with Gasteiger partial charge in [0, 0.05) is 18.6 Å². The number of carbonyl (C=O) groups is 1. The van der Waals surface area contributed by atoms with Crippen LogP contribution in [0, 0.1) is 5.92 Å². The highest BCUT2D eigenvalue weighted by molar-refractivity contribution is 7.13. The summed E-state index contributed by atoms with van der Waals surface area (Å²) in [6, 6.07) is 0.615. The van der Waals surface area contributed by atoms with Crippen molar-refractivity contribution in [2.45, 2.75) is 83.4 Å². The molecule has 0 aromatic carbocycles. The number of hydrogen-bond acceptors (Lipinski definition) is 6. The van der Waals surface area contributed by atoms with Gasteiger partial charge in [0.2, 0.25) is 5.13 Å². The second kappa shape index (κ2) is 7.89. The molecular weight excluding hydrogens is 336 g/mol. The summed E-state index contributed by atoms with van der Waals surface area (Å²) in [7, 11) is 0. The van der Waals surface area contributed by atoms with Gasteiger partial charge in [-0.15, -0.1) is 10.2 Å². The standard InChI is InChI=1S/C18H30N4O2S/c1-18(2,3)24-17(23)22-11-7-6-10-15(22)13-8-4-5-9-14(13)20-16-21-19-12-25-16/h12-15H,4-11H2,1-3H3,(H,20,21). The second-order valence-corrected chi connectivity index (χ2v) is 9.01. The number of likely N-dealkylation sites (tertiary alicyclic amines) is 1. The third-order valence-corrected chi connectivity index (χ3v) is 5.78. The first kappa shape index (κ1) is 18.4. The lowest BCUT2D eigenvalue weighted by atomic mass is 9.76. The van der Waals surface area contributed by atoms with Gasteiger partial charge in [0.05, 0.1) is 0 Å². The quantitative estimate of drug-likeness (QED) is 0.864. The van der Waals surface area contributed by atoms with Crippen LogP contribution in [0.3, 0.4) is 0 Å². The molecule has 1 aromatic rings. The first-order valence-electron chi connectivity index (χ1n) is 9.46. The minimum atomic E-state index is -0.449. The SMILES string of the molecule is CC(C)(C)OC(=O)N1CCCCC1C1CCCCC1Nc1nncs1. The number of rotatable bonds is 3. The summed E-state index contributed by atoms with van der Waals surface area (Å²) in [5, 5.41) is 12.5. The molecular formula is C18H30N4O2S. The van der Waals surface area contributed by atoms with Crippen LogP contribution in [0.5, 0.6) is 0 Å². The van der Waals surface area contributed by atoms with Crippen LogP contribution in [0.1, 0.15) is 65.7 Å². The molecule has 1 amide bonds. The predicted molar refractivity (Wildman–Crippen MR) is 99.9 cm³/mol. The summed E-state index contributed by atoms with van der Waals surface area (Å²) in [4.78, 5) is 14.8. The molecule has 3 rings (SSSR count). The average molecular weight is 367 g/mol. The van der Waals surface area contributed by atoms with Crippen LogP contribution in [-0.4, -0.2) is 45.4 Å². The number of anilines is 1. The first-order valence-corrected chi connectivity index (χ1v) is 10.3. The molecule has 1 aliphatic heterocycles. The molecule has 0 spiro atoms. The number of aromatic nitrogens is 2. The van der Waals surface area contributed by atoms with Crippen LogP contribution in [0.15, 0.2) is 5.51 Å². The molecule has 1 N–H and O–H groups in total. The maximum atomic E-state index is 12.8. The van der Waals surface area contributed by atoms with E-state index in [4.69, 9.17) is 4.74 Å². The summed E-state index contributed by atoms with van der Waals surface area (Å²) >= 11 is 1.54. The van der Waals surface area contributed by atoms with E-state index in [1.165, 1.54) is 19.3 Å². The van der Waals surface area contributed by atoms with Crippen molar-refractivity contribution in [2.24, 2.45) is 5.92 Å². The number of carbonyl (C=O) groups excluding carboxylic acids is 1. The van der Waals surface area contributed by atoms with E-state index in [0.29, 0.717) is 12.0 Å². The van der Waals surface area contributed by atoms with Crippen molar-refractivity contribution in [3.63, 3.8) is 0 Å². The van der Waals surface area contributed by atoms with Gasteiger partial charge in [0.15, 0.2) is 0 Å². The normalized spacial score (nSPS) is 27.8. The van der Waals surface area contributed by atoms with Gasteiger partial charge >= 0.3 is 6.09 Å². The van der Waals surface area contributed by atoms with Crippen LogP contribution in [0.25, 0.3) is 0 Å². The summed E-state index contributed by atoms with van der Waals surface area (Å²) < 4.78 is 5.69. The Hall–Kier alpha value is -1.37. The largest absolute Gasteiger partial charge is 0.444 e. The molecule has 7 heteroatoms. The molecule has 3 unspecified atom stereocenters. The lowest BCUT2D eigenvalue weighted by Gasteiger charge is -2.45. The van der Waals surface area contributed by atoms with E-state index in [2.05, 4.69) is 15.5 Å². The fourth-order valence-electron chi connectivity index (χ4n) is 4.14. The molecule has 0 bridgehead atoms. The molecule has 140 valence electrons. The number of ether oxygens (including phenoxy) is 1. The van der Waals surface area contributed by atoms with Crippen LogP contribution >= 0.6 is 11.3 Å². The van der Waals surface area contributed by atoms with Crippen molar-refractivity contribution in [3.8, 4) is 0 Å². The summed E-state index contributed by atoms with van der Waals surface area (Å²) in [5.74, 6) is 0.450. The van der Waals surface area contributed by atoms with Gasteiger partial charge in [0.1, 0.15) is 11.1 Å². The summed E-state index contributed by atoms with van der Waals surface area (Å²) in [6.45, 7) is 6.61. The Bertz CT molecular complexity index is 558. The van der Waals surface area contributed by atoms with Crippen LogP contribution in [0.2, 0.25) is 0 Å². The van der Waals surface area contributed by atoms with E-state index < -0.39 is 5.60 Å². The van der Waals surface area contributed by atoms with Gasteiger partial charge in [-0.2, -0.15) is 0 Å². The van der Waals surface area contributed by atoms with Crippen LogP contribution < -0.4 is 5.32 Å². The van der Waals surface area contributed by atoms with E-state index in [1.807, 2.05) is 25.7 Å². The Morgan fingerprint density at radius 2 is 2.00 bits per heavy atom. The molecule has 25 heavy (non-hydrogen) atoms. The third kappa shape index (κ3) is 4.84. The van der Waals surface area contributed by atoms with Gasteiger partial charge < -0.3 is 15.0 Å². The maximum absolute atomic E-state index is 12.8. The van der Waals surface area contributed by atoms with Crippen molar-refractivity contribution < 1.29 is 9.53 Å². The molecule has 1 saturated heterocycles. The minimum absolute atomic E-state index is 0.155. The van der Waals surface area contributed by atoms with Crippen molar-refractivity contribution in [3.05, 3.63) is 5.51 Å². The van der Waals surface area contributed by atoms with Crippen molar-refractivity contribution in [2.75, 3.05) is 11.9 Å². The van der Waals surface area contributed by atoms with E-state index in [-0.39, 0.29) is 12.1 Å². The molecule has 1 saturated carbocycles. The highest BCUT2D eigenvalue weighted by atomic mass is 32.1. The zero-order valence-electron chi connectivity index (χ0n) is 15.5. The summed E-state index contributed by atoms with van der Waals surface area (Å²) in [6.07, 6.45) is 7.91. The van der Waals surface area contributed by atoms with Gasteiger partial charge in [-0.3, -0.25) is 0 Å². The molecule has 2 fully saturated rings. The Kier molecular flexibility index (Phi) is 5.81. The maximum Gasteiger partial charge on any atom is 0.410 e. The second-order valence-electron chi connectivity index (χ2n) is 8.18. The topological polar surface area (TPSA) is 67.3 Å². The van der Waals surface area contributed by atoms with Gasteiger partial charge in [-0.05, 0) is 58.8 Å². The summed E-state index contributed by atoms with van der Waals surface area (Å²) in [5.41, 5.74) is 1.31. The predicted octanol–water partition coefficient (Wildman–Crippen LogP) is 4.30. The van der Waals surface area contributed by atoms with E-state index >= 15 is 0 Å². The van der Waals surface area contributed by atoms with Gasteiger partial charge in [-0.1, -0.05) is 24.2 Å². The van der Waals surface area contributed by atoms with E-state index in [1.54, 1.807) is 16.8 Å². The van der Waals surface area contributed by atoms with E-state index in [0.717, 1.165) is 37.4 Å². The lowest BCUT2D eigenvalue weighted by molar-refractivity contribution is -0.00278.